The average molecular weight is 267 g/mol. The molecule has 0 aromatic heterocycles. The lowest BCUT2D eigenvalue weighted by atomic mass is 9.56. The van der Waals surface area contributed by atoms with Crippen LogP contribution >= 0.6 is 0 Å². The molecule has 2 N–H and O–H groups in total. The normalized spacial score (nSPS) is 33.2. The number of aliphatic hydroxyl groups is 1. The first-order valence-electron chi connectivity index (χ1n) is 7.17. The Morgan fingerprint density at radius 2 is 2.05 bits per heavy atom. The van der Waals surface area contributed by atoms with E-state index in [0.29, 0.717) is 19.6 Å². The topological polar surface area (TPSA) is 58.6 Å². The van der Waals surface area contributed by atoms with Crippen molar-refractivity contribution in [1.29, 1.82) is 0 Å². The highest BCUT2D eigenvalue weighted by atomic mass is 16.5. The standard InChI is InChI=1S/C15H25NO3/c1-4-19-12-9-15(18,14(12,2)3)10-16-13(17)11-7-5-6-8-11/h5-6,11-12,18H,4,7-10H2,1-3H3,(H,16,17)/t12-,15+/m0/s1. The molecule has 4 heteroatoms. The second-order valence-electron chi connectivity index (χ2n) is 6.26. The van der Waals surface area contributed by atoms with Gasteiger partial charge >= 0.3 is 0 Å². The second-order valence-corrected chi connectivity index (χ2v) is 6.26. The zero-order valence-corrected chi connectivity index (χ0v) is 12.1. The molecule has 1 fully saturated rings. The van der Waals surface area contributed by atoms with E-state index < -0.39 is 5.60 Å². The van der Waals surface area contributed by atoms with Crippen molar-refractivity contribution in [2.24, 2.45) is 11.3 Å². The number of carbonyl (C=O) groups is 1. The number of nitrogens with one attached hydrogen (secondary N) is 1. The number of ether oxygens (including phenoxy) is 1. The molecule has 0 radical (unpaired) electrons. The summed E-state index contributed by atoms with van der Waals surface area (Å²) in [6, 6.07) is 0. The van der Waals surface area contributed by atoms with Gasteiger partial charge in [-0.1, -0.05) is 26.0 Å². The summed E-state index contributed by atoms with van der Waals surface area (Å²) in [4.78, 5) is 12.0. The van der Waals surface area contributed by atoms with Crippen LogP contribution in [0.15, 0.2) is 12.2 Å². The largest absolute Gasteiger partial charge is 0.387 e. The van der Waals surface area contributed by atoms with Crippen LogP contribution in [0.2, 0.25) is 0 Å². The van der Waals surface area contributed by atoms with Gasteiger partial charge in [-0.15, -0.1) is 0 Å². The van der Waals surface area contributed by atoms with E-state index in [1.165, 1.54) is 0 Å². The number of amides is 1. The highest BCUT2D eigenvalue weighted by Crippen LogP contribution is 2.50. The quantitative estimate of drug-likeness (QED) is 0.744. The number of carbonyl (C=O) groups excluding carboxylic acids is 1. The average Bonchev–Trinajstić information content (AvgIpc) is 2.89. The van der Waals surface area contributed by atoms with E-state index in [-0.39, 0.29) is 23.3 Å². The van der Waals surface area contributed by atoms with E-state index in [4.69, 9.17) is 4.74 Å². The predicted molar refractivity (Wildman–Crippen MR) is 73.6 cm³/mol. The third-order valence-electron chi connectivity index (χ3n) is 4.83. The maximum Gasteiger partial charge on any atom is 0.223 e. The predicted octanol–water partition coefficient (Wildman–Crippen LogP) is 1.63. The smallest absolute Gasteiger partial charge is 0.223 e. The molecule has 0 unspecified atom stereocenters. The van der Waals surface area contributed by atoms with Crippen molar-refractivity contribution in [3.63, 3.8) is 0 Å². The molecule has 108 valence electrons. The van der Waals surface area contributed by atoms with E-state index in [2.05, 4.69) is 5.32 Å². The van der Waals surface area contributed by atoms with Crippen LogP contribution in [0, 0.1) is 11.3 Å². The Morgan fingerprint density at radius 1 is 1.42 bits per heavy atom. The molecule has 4 nitrogen and oxygen atoms in total. The molecule has 2 rings (SSSR count). The minimum atomic E-state index is -0.853. The maximum atomic E-state index is 12.0. The van der Waals surface area contributed by atoms with Crippen molar-refractivity contribution in [2.75, 3.05) is 13.2 Å². The van der Waals surface area contributed by atoms with Gasteiger partial charge < -0.3 is 15.2 Å². The van der Waals surface area contributed by atoms with Crippen LogP contribution in [0.3, 0.4) is 0 Å². The molecule has 2 aliphatic carbocycles. The molecule has 2 atom stereocenters. The minimum absolute atomic E-state index is 0.0501. The van der Waals surface area contributed by atoms with Gasteiger partial charge in [-0.2, -0.15) is 0 Å². The Bertz CT molecular complexity index is 370. The molecule has 0 saturated heterocycles. The third kappa shape index (κ3) is 2.56. The van der Waals surface area contributed by atoms with Crippen molar-refractivity contribution < 1.29 is 14.6 Å². The van der Waals surface area contributed by atoms with Crippen LogP contribution < -0.4 is 5.32 Å². The first kappa shape index (κ1) is 14.5. The van der Waals surface area contributed by atoms with Crippen LogP contribution in [-0.4, -0.2) is 35.9 Å². The maximum absolute atomic E-state index is 12.0. The summed E-state index contributed by atoms with van der Waals surface area (Å²) in [5.41, 5.74) is -1.17. The zero-order chi connectivity index (χ0) is 14.1. The third-order valence-corrected chi connectivity index (χ3v) is 4.83. The van der Waals surface area contributed by atoms with Gasteiger partial charge in [-0.05, 0) is 19.8 Å². The highest BCUT2D eigenvalue weighted by molar-refractivity contribution is 5.79. The Balaban J connectivity index is 1.84. The Kier molecular flexibility index (Phi) is 4.02. The van der Waals surface area contributed by atoms with Crippen LogP contribution in [0.5, 0.6) is 0 Å². The van der Waals surface area contributed by atoms with Crippen LogP contribution in [0.1, 0.15) is 40.0 Å². The van der Waals surface area contributed by atoms with E-state index in [0.717, 1.165) is 12.8 Å². The molecular weight excluding hydrogens is 242 g/mol. The van der Waals surface area contributed by atoms with Crippen molar-refractivity contribution >= 4 is 5.91 Å². The summed E-state index contributed by atoms with van der Waals surface area (Å²) < 4.78 is 5.61. The fourth-order valence-corrected chi connectivity index (χ4v) is 2.97. The van der Waals surface area contributed by atoms with Crippen molar-refractivity contribution in [2.45, 2.75) is 51.7 Å². The Morgan fingerprint density at radius 3 is 2.58 bits per heavy atom. The van der Waals surface area contributed by atoms with Gasteiger partial charge in [0.25, 0.3) is 0 Å². The summed E-state index contributed by atoms with van der Waals surface area (Å²) in [6.07, 6.45) is 6.38. The van der Waals surface area contributed by atoms with Gasteiger partial charge in [-0.25, -0.2) is 0 Å². The molecule has 0 aromatic rings. The van der Waals surface area contributed by atoms with Crippen LogP contribution in [0.4, 0.5) is 0 Å². The summed E-state index contributed by atoms with van der Waals surface area (Å²) in [5, 5.41) is 13.5. The molecule has 0 aromatic carbocycles. The second kappa shape index (κ2) is 5.25. The van der Waals surface area contributed by atoms with Gasteiger partial charge in [0.2, 0.25) is 5.91 Å². The Labute approximate surface area is 115 Å². The molecular formula is C15H25NO3. The van der Waals surface area contributed by atoms with Gasteiger partial charge in [0.15, 0.2) is 0 Å². The van der Waals surface area contributed by atoms with E-state index in [9.17, 15) is 9.90 Å². The first-order chi connectivity index (χ1) is 8.90. The molecule has 0 heterocycles. The molecule has 0 spiro atoms. The number of rotatable bonds is 5. The lowest BCUT2D eigenvalue weighted by Gasteiger charge is -2.58. The van der Waals surface area contributed by atoms with Crippen LogP contribution in [0.25, 0.3) is 0 Å². The summed E-state index contributed by atoms with van der Waals surface area (Å²) in [7, 11) is 0. The van der Waals surface area contributed by atoms with Gasteiger partial charge in [0.05, 0.1) is 11.7 Å². The number of hydrogen-bond donors (Lipinski definition) is 2. The van der Waals surface area contributed by atoms with Crippen LogP contribution in [-0.2, 0) is 9.53 Å². The molecule has 0 aliphatic heterocycles. The Hall–Kier alpha value is -0.870. The molecule has 19 heavy (non-hydrogen) atoms. The lowest BCUT2D eigenvalue weighted by Crippen LogP contribution is -2.68. The molecule has 2 aliphatic rings. The summed E-state index contributed by atoms with van der Waals surface area (Å²) >= 11 is 0. The zero-order valence-electron chi connectivity index (χ0n) is 12.1. The number of hydrogen-bond acceptors (Lipinski definition) is 3. The molecule has 0 bridgehead atoms. The van der Waals surface area contributed by atoms with E-state index in [1.54, 1.807) is 0 Å². The SMILES string of the molecule is CCO[C@H]1C[C@@](O)(CNC(=O)C2CC=CC2)C1(C)C. The first-order valence-corrected chi connectivity index (χ1v) is 7.17. The minimum Gasteiger partial charge on any atom is -0.387 e. The highest BCUT2D eigenvalue weighted by Gasteiger charge is 2.59. The van der Waals surface area contributed by atoms with E-state index >= 15 is 0 Å². The lowest BCUT2D eigenvalue weighted by molar-refractivity contribution is -0.238. The monoisotopic (exact) mass is 267 g/mol. The van der Waals surface area contributed by atoms with Crippen molar-refractivity contribution in [1.82, 2.24) is 5.32 Å². The molecule has 1 saturated carbocycles. The van der Waals surface area contributed by atoms with Crippen molar-refractivity contribution in [3.8, 4) is 0 Å². The van der Waals surface area contributed by atoms with Crippen molar-refractivity contribution in [3.05, 3.63) is 12.2 Å². The van der Waals surface area contributed by atoms with E-state index in [1.807, 2.05) is 32.9 Å². The van der Waals surface area contributed by atoms with Gasteiger partial charge in [0, 0.05) is 30.9 Å². The summed E-state index contributed by atoms with van der Waals surface area (Å²) in [5.74, 6) is 0.101. The number of allylic oxidation sites excluding steroid dienone is 2. The fraction of sp³-hybridized carbons (Fsp3) is 0.800. The van der Waals surface area contributed by atoms with Gasteiger partial charge in [-0.3, -0.25) is 4.79 Å². The van der Waals surface area contributed by atoms with Gasteiger partial charge in [0.1, 0.15) is 0 Å². The molecule has 1 amide bonds. The summed E-state index contributed by atoms with van der Waals surface area (Å²) in [6.45, 7) is 6.94. The fourth-order valence-electron chi connectivity index (χ4n) is 2.97.